The molecule has 0 aromatic heterocycles. The Hall–Kier alpha value is -6.26. The van der Waals surface area contributed by atoms with Crippen molar-refractivity contribution in [2.45, 2.75) is 9.79 Å². The highest BCUT2D eigenvalue weighted by Gasteiger charge is 2.35. The molecular weight excluding hydrogens is 665 g/mol. The average Bonchev–Trinajstić information content (AvgIpc) is 3.09. The molecule has 5 rings (SSSR count). The molecule has 2 amide bonds. The fourth-order valence-electron chi connectivity index (χ4n) is 4.58. The van der Waals surface area contributed by atoms with E-state index in [9.17, 15) is 46.7 Å². The Balaban J connectivity index is 1.66. The first-order valence-electron chi connectivity index (χ1n) is 13.7. The molecule has 5 aromatic carbocycles. The van der Waals surface area contributed by atoms with Gasteiger partial charge in [-0.1, -0.05) is 48.5 Å². The second-order valence-electron chi connectivity index (χ2n) is 9.91. The van der Waals surface area contributed by atoms with Crippen LogP contribution in [0, 0.1) is 20.2 Å². The first-order chi connectivity index (χ1) is 22.8. The van der Waals surface area contributed by atoms with Gasteiger partial charge in [0.25, 0.3) is 43.2 Å². The summed E-state index contributed by atoms with van der Waals surface area (Å²) in [6.07, 6.45) is 0. The Morgan fingerprint density at radius 1 is 0.479 bits per heavy atom. The Morgan fingerprint density at radius 3 is 1.12 bits per heavy atom. The van der Waals surface area contributed by atoms with Crippen molar-refractivity contribution >= 4 is 54.6 Å². The molecule has 0 saturated carbocycles. The quantitative estimate of drug-likeness (QED) is 0.132. The Morgan fingerprint density at radius 2 is 0.812 bits per heavy atom. The molecule has 0 bridgehead atoms. The molecule has 0 spiro atoms. The Kier molecular flexibility index (Phi) is 9.13. The lowest BCUT2D eigenvalue weighted by Gasteiger charge is -2.25. The van der Waals surface area contributed by atoms with Gasteiger partial charge >= 0.3 is 0 Å². The molecule has 0 fully saturated rings. The van der Waals surface area contributed by atoms with Gasteiger partial charge in [0.2, 0.25) is 0 Å². The van der Waals surface area contributed by atoms with Gasteiger partial charge in [-0.25, -0.2) is 16.8 Å². The molecular formula is C32H22N4O10S2. The molecule has 0 unspecified atom stereocenters. The van der Waals surface area contributed by atoms with Crippen LogP contribution < -0.4 is 8.61 Å². The SMILES string of the molecule is O=C(c1ccccc1)N(c1ccc(N(C(=O)c2ccccc2)S(=O)(=O)c2cccc([N+](=O)[O-])c2)cc1)S(=O)(=O)c1cccc([N+](=O)[O-])c1. The van der Waals surface area contributed by atoms with Gasteiger partial charge in [-0.15, -0.1) is 0 Å². The van der Waals surface area contributed by atoms with Gasteiger partial charge in [0.05, 0.1) is 31.0 Å². The van der Waals surface area contributed by atoms with Crippen LogP contribution in [0.25, 0.3) is 0 Å². The van der Waals surface area contributed by atoms with Gasteiger partial charge in [0.1, 0.15) is 0 Å². The maximum Gasteiger partial charge on any atom is 0.272 e. The van der Waals surface area contributed by atoms with Gasteiger partial charge in [0, 0.05) is 35.4 Å². The number of rotatable bonds is 10. The average molecular weight is 687 g/mol. The molecule has 242 valence electrons. The van der Waals surface area contributed by atoms with Crippen LogP contribution in [-0.2, 0) is 20.0 Å². The van der Waals surface area contributed by atoms with E-state index in [2.05, 4.69) is 0 Å². The zero-order valence-electron chi connectivity index (χ0n) is 24.4. The number of carbonyl (C=O) groups is 2. The van der Waals surface area contributed by atoms with Crippen molar-refractivity contribution in [2.24, 2.45) is 0 Å². The standard InChI is InChI=1S/C32H22N4O10S2/c37-31(23-9-3-1-4-10-23)33(47(43,44)29-15-7-13-27(21-29)35(39)40)25-17-19-26(20-18-25)34(32(38)24-11-5-2-6-12-24)48(45,46)30-16-8-14-28(22-30)36(41)42/h1-22H. The van der Waals surface area contributed by atoms with Gasteiger partial charge in [-0.2, -0.15) is 8.61 Å². The number of benzene rings is 5. The number of carbonyl (C=O) groups excluding carboxylic acids is 2. The van der Waals surface area contributed by atoms with E-state index in [1.165, 1.54) is 48.5 Å². The predicted molar refractivity (Wildman–Crippen MR) is 174 cm³/mol. The first-order valence-corrected chi connectivity index (χ1v) is 16.6. The Bertz CT molecular complexity index is 2100. The molecule has 5 aromatic rings. The minimum atomic E-state index is -4.82. The summed E-state index contributed by atoms with van der Waals surface area (Å²) in [5.74, 6) is -2.06. The topological polar surface area (TPSA) is 195 Å². The number of sulfonamides is 2. The summed E-state index contributed by atoms with van der Waals surface area (Å²) in [5.41, 5.74) is -1.77. The van der Waals surface area contributed by atoms with Gasteiger partial charge in [-0.3, -0.25) is 29.8 Å². The fourth-order valence-corrected chi connectivity index (χ4v) is 7.48. The van der Waals surface area contributed by atoms with Gasteiger partial charge in [0.15, 0.2) is 0 Å². The second kappa shape index (κ2) is 13.2. The number of hydrogen-bond acceptors (Lipinski definition) is 10. The number of anilines is 2. The van der Waals surface area contributed by atoms with Gasteiger partial charge < -0.3 is 0 Å². The molecule has 0 aliphatic heterocycles. The summed E-state index contributed by atoms with van der Waals surface area (Å²) in [7, 11) is -9.64. The van der Waals surface area contributed by atoms with E-state index >= 15 is 0 Å². The number of nitro groups is 2. The number of hydrogen-bond donors (Lipinski definition) is 0. The third kappa shape index (κ3) is 6.51. The molecule has 0 saturated heterocycles. The van der Waals surface area contributed by atoms with E-state index in [0.717, 1.165) is 72.8 Å². The van der Waals surface area contributed by atoms with Crippen LogP contribution in [0.3, 0.4) is 0 Å². The fraction of sp³-hybridized carbons (Fsp3) is 0. The third-order valence-electron chi connectivity index (χ3n) is 6.86. The minimum absolute atomic E-state index is 0.0512. The number of non-ortho nitro benzene ring substituents is 2. The lowest BCUT2D eigenvalue weighted by atomic mass is 10.2. The highest BCUT2D eigenvalue weighted by Crippen LogP contribution is 2.33. The summed E-state index contributed by atoms with van der Waals surface area (Å²) < 4.78 is 56.5. The van der Waals surface area contributed by atoms with E-state index in [1.54, 1.807) is 12.1 Å². The summed E-state index contributed by atoms with van der Waals surface area (Å²) in [6.45, 7) is 0. The summed E-state index contributed by atoms with van der Waals surface area (Å²) in [4.78, 5) is 47.5. The van der Waals surface area contributed by atoms with Crippen molar-refractivity contribution in [1.29, 1.82) is 0 Å². The molecule has 0 N–H and O–H groups in total. The van der Waals surface area contributed by atoms with Crippen LogP contribution in [-0.4, -0.2) is 38.5 Å². The molecule has 14 nitrogen and oxygen atoms in total. The molecule has 0 radical (unpaired) electrons. The molecule has 0 aliphatic carbocycles. The molecule has 16 heteroatoms. The molecule has 0 atom stereocenters. The lowest BCUT2D eigenvalue weighted by molar-refractivity contribution is -0.385. The van der Waals surface area contributed by atoms with Crippen molar-refractivity contribution in [1.82, 2.24) is 0 Å². The normalized spacial score (nSPS) is 11.3. The largest absolute Gasteiger partial charge is 0.272 e. The minimum Gasteiger partial charge on any atom is -0.268 e. The Labute approximate surface area is 273 Å². The van der Waals surface area contributed by atoms with Crippen molar-refractivity contribution < 1.29 is 36.3 Å². The van der Waals surface area contributed by atoms with E-state index < -0.39 is 62.9 Å². The smallest absolute Gasteiger partial charge is 0.268 e. The van der Waals surface area contributed by atoms with Crippen LogP contribution in [0.5, 0.6) is 0 Å². The highest BCUT2D eigenvalue weighted by atomic mass is 32.2. The monoisotopic (exact) mass is 686 g/mol. The van der Waals surface area contributed by atoms with Crippen LogP contribution in [0.1, 0.15) is 20.7 Å². The molecule has 48 heavy (non-hydrogen) atoms. The van der Waals surface area contributed by atoms with Crippen LogP contribution in [0.15, 0.2) is 143 Å². The zero-order valence-corrected chi connectivity index (χ0v) is 26.0. The molecule has 0 aliphatic rings. The summed E-state index contributed by atoms with van der Waals surface area (Å²) in [6, 6.07) is 27.2. The van der Waals surface area contributed by atoms with Crippen molar-refractivity contribution in [3.8, 4) is 0 Å². The first kappa shape index (κ1) is 33.1. The number of nitrogens with zero attached hydrogens (tertiary/aromatic N) is 4. The zero-order chi connectivity index (χ0) is 34.6. The van der Waals surface area contributed by atoms with Gasteiger partial charge in [-0.05, 0) is 60.7 Å². The number of nitro benzene ring substituents is 2. The van der Waals surface area contributed by atoms with E-state index in [4.69, 9.17) is 0 Å². The van der Waals surface area contributed by atoms with Crippen molar-refractivity contribution in [3.05, 3.63) is 165 Å². The van der Waals surface area contributed by atoms with Crippen molar-refractivity contribution in [3.63, 3.8) is 0 Å². The third-order valence-corrected chi connectivity index (χ3v) is 10.3. The van der Waals surface area contributed by atoms with E-state index in [0.29, 0.717) is 8.61 Å². The maximum absolute atomic E-state index is 13.9. The van der Waals surface area contributed by atoms with Crippen LogP contribution in [0.4, 0.5) is 22.7 Å². The second-order valence-corrected chi connectivity index (χ2v) is 13.5. The van der Waals surface area contributed by atoms with Crippen LogP contribution >= 0.6 is 0 Å². The predicted octanol–water partition coefficient (Wildman–Crippen LogP) is 5.57. The van der Waals surface area contributed by atoms with E-state index in [-0.39, 0.29) is 22.5 Å². The van der Waals surface area contributed by atoms with Crippen molar-refractivity contribution in [2.75, 3.05) is 8.61 Å². The maximum atomic E-state index is 13.9. The van der Waals surface area contributed by atoms with Crippen LogP contribution in [0.2, 0.25) is 0 Å². The lowest BCUT2D eigenvalue weighted by Crippen LogP contribution is -2.38. The van der Waals surface area contributed by atoms with E-state index in [1.807, 2.05) is 0 Å². The summed E-state index contributed by atoms with van der Waals surface area (Å²) in [5, 5.41) is 22.8. The highest BCUT2D eigenvalue weighted by molar-refractivity contribution is 7.94. The summed E-state index contributed by atoms with van der Waals surface area (Å²) >= 11 is 0. The number of amides is 2. The molecule has 0 heterocycles.